The first-order valence-electron chi connectivity index (χ1n) is 4.38. The lowest BCUT2D eigenvalue weighted by atomic mass is 10.1. The molecule has 0 aromatic carbocycles. The van der Waals surface area contributed by atoms with Crippen molar-refractivity contribution in [2.75, 3.05) is 6.54 Å². The van der Waals surface area contributed by atoms with Crippen LogP contribution in [0.25, 0.3) is 0 Å². The van der Waals surface area contributed by atoms with E-state index in [-0.39, 0.29) is 5.91 Å². The lowest BCUT2D eigenvalue weighted by Crippen LogP contribution is -2.45. The molecule has 0 unspecified atom stereocenters. The summed E-state index contributed by atoms with van der Waals surface area (Å²) >= 11 is 0. The maximum atomic E-state index is 11.5. The van der Waals surface area contributed by atoms with Crippen LogP contribution < -0.4 is 11.1 Å². The standard InChI is InChI=1S/C9H15N3O2/c1-6-7(4-12-14-6)8(13)11-5-9(2,3)10/h4H,5,10H2,1-3H3,(H,11,13). The van der Waals surface area contributed by atoms with Crippen molar-refractivity contribution in [3.8, 4) is 0 Å². The predicted molar refractivity (Wildman–Crippen MR) is 51.8 cm³/mol. The second-order valence-electron chi connectivity index (χ2n) is 3.97. The smallest absolute Gasteiger partial charge is 0.256 e. The van der Waals surface area contributed by atoms with Gasteiger partial charge in [0.1, 0.15) is 11.3 Å². The van der Waals surface area contributed by atoms with Gasteiger partial charge in [0, 0.05) is 12.1 Å². The molecular formula is C9H15N3O2. The highest BCUT2D eigenvalue weighted by Crippen LogP contribution is 2.05. The Balaban J connectivity index is 2.56. The van der Waals surface area contributed by atoms with Gasteiger partial charge in [0.25, 0.3) is 5.91 Å². The van der Waals surface area contributed by atoms with E-state index >= 15 is 0 Å². The number of nitrogens with two attached hydrogens (primary N) is 1. The van der Waals surface area contributed by atoms with E-state index in [1.165, 1.54) is 6.20 Å². The van der Waals surface area contributed by atoms with Crippen molar-refractivity contribution in [3.63, 3.8) is 0 Å². The molecule has 1 rings (SSSR count). The van der Waals surface area contributed by atoms with Crippen LogP contribution in [0.15, 0.2) is 10.7 Å². The first-order valence-corrected chi connectivity index (χ1v) is 4.38. The first-order chi connectivity index (χ1) is 6.40. The summed E-state index contributed by atoms with van der Waals surface area (Å²) in [6.45, 7) is 5.79. The normalized spacial score (nSPS) is 11.4. The molecule has 1 amide bonds. The Labute approximate surface area is 82.6 Å². The monoisotopic (exact) mass is 197 g/mol. The fourth-order valence-corrected chi connectivity index (χ4v) is 0.920. The maximum Gasteiger partial charge on any atom is 0.256 e. The molecule has 0 atom stereocenters. The largest absolute Gasteiger partial charge is 0.361 e. The van der Waals surface area contributed by atoms with E-state index in [1.54, 1.807) is 6.92 Å². The molecule has 0 bridgehead atoms. The zero-order chi connectivity index (χ0) is 10.8. The van der Waals surface area contributed by atoms with Crippen LogP contribution >= 0.6 is 0 Å². The van der Waals surface area contributed by atoms with Crippen molar-refractivity contribution < 1.29 is 9.32 Å². The number of hydrogen-bond donors (Lipinski definition) is 2. The molecule has 1 aromatic heterocycles. The molecule has 0 aliphatic rings. The summed E-state index contributed by atoms with van der Waals surface area (Å²) in [5.74, 6) is 0.305. The highest BCUT2D eigenvalue weighted by atomic mass is 16.5. The third-order valence-electron chi connectivity index (χ3n) is 1.70. The SMILES string of the molecule is Cc1oncc1C(=O)NCC(C)(C)N. The van der Waals surface area contributed by atoms with Crippen LogP contribution in [0.1, 0.15) is 30.0 Å². The molecule has 14 heavy (non-hydrogen) atoms. The molecule has 1 heterocycles. The minimum atomic E-state index is -0.416. The Morgan fingerprint density at radius 3 is 2.79 bits per heavy atom. The molecule has 5 heteroatoms. The highest BCUT2D eigenvalue weighted by Gasteiger charge is 2.16. The molecular weight excluding hydrogens is 182 g/mol. The van der Waals surface area contributed by atoms with E-state index < -0.39 is 5.54 Å². The van der Waals surface area contributed by atoms with Gasteiger partial charge in [-0.1, -0.05) is 5.16 Å². The van der Waals surface area contributed by atoms with Gasteiger partial charge in [0.2, 0.25) is 0 Å². The Morgan fingerprint density at radius 1 is 1.71 bits per heavy atom. The molecule has 1 aromatic rings. The van der Waals surface area contributed by atoms with Gasteiger partial charge in [0.05, 0.1) is 6.20 Å². The fraction of sp³-hybridized carbons (Fsp3) is 0.556. The van der Waals surface area contributed by atoms with Crippen LogP contribution in [0, 0.1) is 6.92 Å². The van der Waals surface area contributed by atoms with Crippen molar-refractivity contribution >= 4 is 5.91 Å². The second kappa shape index (κ2) is 3.79. The molecule has 0 radical (unpaired) electrons. The lowest BCUT2D eigenvalue weighted by molar-refractivity contribution is 0.0944. The molecule has 0 aliphatic heterocycles. The summed E-state index contributed by atoms with van der Waals surface area (Å²) in [6.07, 6.45) is 1.40. The third kappa shape index (κ3) is 2.85. The zero-order valence-corrected chi connectivity index (χ0v) is 8.63. The number of amides is 1. The van der Waals surface area contributed by atoms with Crippen LogP contribution in [0.4, 0.5) is 0 Å². The Kier molecular flexibility index (Phi) is 2.90. The van der Waals surface area contributed by atoms with Crippen LogP contribution in [0.2, 0.25) is 0 Å². The van der Waals surface area contributed by atoms with Crippen molar-refractivity contribution in [1.82, 2.24) is 10.5 Å². The van der Waals surface area contributed by atoms with Crippen molar-refractivity contribution in [3.05, 3.63) is 17.5 Å². The summed E-state index contributed by atoms with van der Waals surface area (Å²) in [5.41, 5.74) is 5.76. The number of carbonyl (C=O) groups excluding carboxylic acids is 1. The van der Waals surface area contributed by atoms with Crippen LogP contribution in [0.3, 0.4) is 0 Å². The number of aryl methyl sites for hydroxylation is 1. The van der Waals surface area contributed by atoms with Crippen molar-refractivity contribution in [1.29, 1.82) is 0 Å². The van der Waals surface area contributed by atoms with Crippen molar-refractivity contribution in [2.24, 2.45) is 5.73 Å². The Morgan fingerprint density at radius 2 is 2.36 bits per heavy atom. The molecule has 5 nitrogen and oxygen atoms in total. The van der Waals surface area contributed by atoms with Gasteiger partial charge in [-0.2, -0.15) is 0 Å². The molecule has 0 saturated carbocycles. The van der Waals surface area contributed by atoms with Gasteiger partial charge in [-0.15, -0.1) is 0 Å². The van der Waals surface area contributed by atoms with Crippen molar-refractivity contribution in [2.45, 2.75) is 26.3 Å². The fourth-order valence-electron chi connectivity index (χ4n) is 0.920. The van der Waals surface area contributed by atoms with E-state index in [0.29, 0.717) is 17.9 Å². The summed E-state index contributed by atoms with van der Waals surface area (Å²) in [4.78, 5) is 11.5. The average Bonchev–Trinajstić information content (AvgIpc) is 2.46. The number of carbonyl (C=O) groups is 1. The van der Waals surface area contributed by atoms with Gasteiger partial charge >= 0.3 is 0 Å². The van der Waals surface area contributed by atoms with Gasteiger partial charge < -0.3 is 15.6 Å². The molecule has 3 N–H and O–H groups in total. The van der Waals surface area contributed by atoms with E-state index in [2.05, 4.69) is 10.5 Å². The average molecular weight is 197 g/mol. The third-order valence-corrected chi connectivity index (χ3v) is 1.70. The molecule has 78 valence electrons. The Bertz CT molecular complexity index is 325. The lowest BCUT2D eigenvalue weighted by Gasteiger charge is -2.18. The number of rotatable bonds is 3. The minimum Gasteiger partial charge on any atom is -0.361 e. The summed E-state index contributed by atoms with van der Waals surface area (Å²) in [6, 6.07) is 0. The topological polar surface area (TPSA) is 81.2 Å². The molecule has 0 fully saturated rings. The van der Waals surface area contributed by atoms with E-state index in [0.717, 1.165) is 0 Å². The molecule has 0 spiro atoms. The number of nitrogens with one attached hydrogen (secondary N) is 1. The predicted octanol–water partition coefficient (Wildman–Crippen LogP) is 0.450. The maximum absolute atomic E-state index is 11.5. The van der Waals surface area contributed by atoms with E-state index in [9.17, 15) is 4.79 Å². The summed E-state index contributed by atoms with van der Waals surface area (Å²) in [5, 5.41) is 6.22. The van der Waals surface area contributed by atoms with Crippen LogP contribution in [-0.2, 0) is 0 Å². The first kappa shape index (κ1) is 10.7. The van der Waals surface area contributed by atoms with Crippen LogP contribution in [0.5, 0.6) is 0 Å². The summed E-state index contributed by atoms with van der Waals surface area (Å²) < 4.78 is 4.78. The number of nitrogens with zero attached hydrogens (tertiary/aromatic N) is 1. The molecule has 0 aliphatic carbocycles. The number of aromatic nitrogens is 1. The van der Waals surface area contributed by atoms with Crippen LogP contribution in [-0.4, -0.2) is 23.1 Å². The van der Waals surface area contributed by atoms with E-state index in [1.807, 2.05) is 13.8 Å². The van der Waals surface area contributed by atoms with Gasteiger partial charge in [-0.05, 0) is 20.8 Å². The minimum absolute atomic E-state index is 0.206. The van der Waals surface area contributed by atoms with E-state index in [4.69, 9.17) is 10.3 Å². The zero-order valence-electron chi connectivity index (χ0n) is 8.63. The second-order valence-corrected chi connectivity index (χ2v) is 3.97. The van der Waals surface area contributed by atoms with Gasteiger partial charge in [-0.25, -0.2) is 0 Å². The quantitative estimate of drug-likeness (QED) is 0.737. The van der Waals surface area contributed by atoms with Gasteiger partial charge in [0.15, 0.2) is 0 Å². The van der Waals surface area contributed by atoms with Gasteiger partial charge in [-0.3, -0.25) is 4.79 Å². The highest BCUT2D eigenvalue weighted by molar-refractivity contribution is 5.94. The summed E-state index contributed by atoms with van der Waals surface area (Å²) in [7, 11) is 0. The Hall–Kier alpha value is -1.36. The number of hydrogen-bond acceptors (Lipinski definition) is 4. The molecule has 0 saturated heterocycles.